The fraction of sp³-hybridized carbons (Fsp3) is 0.286. The van der Waals surface area contributed by atoms with E-state index in [1.807, 2.05) is 48.9 Å². The van der Waals surface area contributed by atoms with Gasteiger partial charge in [0.1, 0.15) is 11.6 Å². The van der Waals surface area contributed by atoms with E-state index >= 15 is 0 Å². The van der Waals surface area contributed by atoms with Crippen molar-refractivity contribution in [2.24, 2.45) is 7.05 Å². The van der Waals surface area contributed by atoms with Crippen LogP contribution in [0.3, 0.4) is 0 Å². The van der Waals surface area contributed by atoms with Gasteiger partial charge in [-0.25, -0.2) is 0 Å². The number of aromatic nitrogens is 5. The molecule has 0 saturated heterocycles. The first-order valence-corrected chi connectivity index (χ1v) is 7.49. The normalized spacial score (nSPS) is 10.8. The topological polar surface area (TPSA) is 68.5 Å². The van der Waals surface area contributed by atoms with Gasteiger partial charge >= 0.3 is 0 Å². The summed E-state index contributed by atoms with van der Waals surface area (Å²) in [4.78, 5) is 4.49. The van der Waals surface area contributed by atoms with Gasteiger partial charge in [0.25, 0.3) is 0 Å². The van der Waals surface area contributed by atoms with Gasteiger partial charge in [0.05, 0.1) is 0 Å². The second-order valence-electron chi connectivity index (χ2n) is 4.69. The standard InChI is InChI=1S/C14H16N6S/c1-10-17-18-12(20(10)2)8-9-15-14-16-13(19-21-14)11-6-4-3-5-7-11/h3-7H,8-9H2,1-2H3,(H,15,16,19). The number of rotatable bonds is 5. The van der Waals surface area contributed by atoms with Gasteiger partial charge < -0.3 is 9.88 Å². The van der Waals surface area contributed by atoms with E-state index in [0.29, 0.717) is 0 Å². The molecule has 1 N–H and O–H groups in total. The van der Waals surface area contributed by atoms with E-state index in [-0.39, 0.29) is 0 Å². The molecule has 3 rings (SSSR count). The highest BCUT2D eigenvalue weighted by molar-refractivity contribution is 7.09. The Hall–Kier alpha value is -2.28. The molecule has 0 bridgehead atoms. The van der Waals surface area contributed by atoms with E-state index in [1.54, 1.807) is 0 Å². The molecule has 2 aromatic heterocycles. The first-order valence-electron chi connectivity index (χ1n) is 6.72. The van der Waals surface area contributed by atoms with Crippen LogP contribution in [-0.4, -0.2) is 30.7 Å². The zero-order valence-electron chi connectivity index (χ0n) is 11.9. The van der Waals surface area contributed by atoms with Crippen LogP contribution < -0.4 is 5.32 Å². The second kappa shape index (κ2) is 6.01. The number of nitrogens with zero attached hydrogens (tertiary/aromatic N) is 5. The summed E-state index contributed by atoms with van der Waals surface area (Å²) >= 11 is 1.37. The molecule has 0 radical (unpaired) electrons. The Kier molecular flexibility index (Phi) is 3.92. The van der Waals surface area contributed by atoms with Crippen LogP contribution in [0, 0.1) is 6.92 Å². The average Bonchev–Trinajstić information content (AvgIpc) is 3.10. The van der Waals surface area contributed by atoms with E-state index in [2.05, 4.69) is 24.9 Å². The van der Waals surface area contributed by atoms with Crippen LogP contribution >= 0.6 is 11.5 Å². The van der Waals surface area contributed by atoms with Crippen LogP contribution in [-0.2, 0) is 13.5 Å². The molecule has 0 aliphatic rings. The Morgan fingerprint density at radius 2 is 2.00 bits per heavy atom. The van der Waals surface area contributed by atoms with Gasteiger partial charge in [-0.05, 0) is 6.92 Å². The van der Waals surface area contributed by atoms with Gasteiger partial charge in [-0.2, -0.15) is 9.36 Å². The van der Waals surface area contributed by atoms with Gasteiger partial charge in [0.2, 0.25) is 5.13 Å². The SMILES string of the molecule is Cc1nnc(CCNc2nc(-c3ccccc3)ns2)n1C. The molecule has 21 heavy (non-hydrogen) atoms. The van der Waals surface area contributed by atoms with Crippen molar-refractivity contribution in [3.05, 3.63) is 42.0 Å². The maximum Gasteiger partial charge on any atom is 0.202 e. The van der Waals surface area contributed by atoms with Crippen LogP contribution in [0.5, 0.6) is 0 Å². The number of anilines is 1. The number of hydrogen-bond acceptors (Lipinski definition) is 6. The Bertz CT molecular complexity index is 718. The summed E-state index contributed by atoms with van der Waals surface area (Å²) in [6.45, 7) is 2.70. The highest BCUT2D eigenvalue weighted by Gasteiger charge is 2.07. The van der Waals surface area contributed by atoms with Crippen LogP contribution in [0.4, 0.5) is 5.13 Å². The summed E-state index contributed by atoms with van der Waals surface area (Å²) in [5, 5.41) is 12.3. The van der Waals surface area contributed by atoms with Crippen molar-refractivity contribution >= 4 is 16.7 Å². The minimum absolute atomic E-state index is 0.759. The van der Waals surface area contributed by atoms with E-state index in [4.69, 9.17) is 0 Å². The highest BCUT2D eigenvalue weighted by atomic mass is 32.1. The zero-order chi connectivity index (χ0) is 14.7. The minimum atomic E-state index is 0.759. The van der Waals surface area contributed by atoms with Gasteiger partial charge in [0, 0.05) is 37.1 Å². The molecular formula is C14H16N6S. The van der Waals surface area contributed by atoms with Crippen LogP contribution in [0.2, 0.25) is 0 Å². The lowest BCUT2D eigenvalue weighted by molar-refractivity contribution is 0.770. The first-order chi connectivity index (χ1) is 10.2. The molecule has 7 heteroatoms. The third-order valence-corrected chi connectivity index (χ3v) is 3.94. The summed E-state index contributed by atoms with van der Waals surface area (Å²) in [7, 11) is 1.98. The van der Waals surface area contributed by atoms with Crippen molar-refractivity contribution in [2.75, 3.05) is 11.9 Å². The molecule has 0 aliphatic heterocycles. The molecule has 0 spiro atoms. The Morgan fingerprint density at radius 1 is 1.19 bits per heavy atom. The molecule has 0 unspecified atom stereocenters. The predicted octanol–water partition coefficient (Wildman–Crippen LogP) is 2.30. The highest BCUT2D eigenvalue weighted by Crippen LogP contribution is 2.20. The molecular weight excluding hydrogens is 284 g/mol. The molecule has 0 fully saturated rings. The number of hydrogen-bond donors (Lipinski definition) is 1. The molecule has 0 atom stereocenters. The van der Waals surface area contributed by atoms with Crippen molar-refractivity contribution in [1.29, 1.82) is 0 Å². The summed E-state index contributed by atoms with van der Waals surface area (Å²) in [5.74, 6) is 2.65. The van der Waals surface area contributed by atoms with Crippen molar-refractivity contribution in [3.63, 3.8) is 0 Å². The molecule has 108 valence electrons. The number of benzene rings is 1. The second-order valence-corrected chi connectivity index (χ2v) is 5.44. The third kappa shape index (κ3) is 3.08. The van der Waals surface area contributed by atoms with Gasteiger partial charge in [-0.3, -0.25) is 0 Å². The van der Waals surface area contributed by atoms with Crippen molar-refractivity contribution < 1.29 is 0 Å². The number of aryl methyl sites for hydroxylation is 1. The largest absolute Gasteiger partial charge is 0.360 e. The predicted molar refractivity (Wildman–Crippen MR) is 83.3 cm³/mol. The summed E-state index contributed by atoms with van der Waals surface area (Å²) in [6.07, 6.45) is 0.803. The van der Waals surface area contributed by atoms with E-state index in [1.165, 1.54) is 11.5 Å². The fourth-order valence-electron chi connectivity index (χ4n) is 1.95. The molecule has 0 saturated carbocycles. The molecule has 6 nitrogen and oxygen atoms in total. The molecule has 0 aliphatic carbocycles. The zero-order valence-corrected chi connectivity index (χ0v) is 12.8. The third-order valence-electron chi connectivity index (χ3n) is 3.27. The van der Waals surface area contributed by atoms with Gasteiger partial charge in [-0.15, -0.1) is 10.2 Å². The Morgan fingerprint density at radius 3 is 2.71 bits per heavy atom. The molecule has 2 heterocycles. The lowest BCUT2D eigenvalue weighted by atomic mass is 10.2. The molecule has 3 aromatic rings. The quantitative estimate of drug-likeness (QED) is 0.783. The van der Waals surface area contributed by atoms with Crippen LogP contribution in [0.15, 0.2) is 30.3 Å². The Labute approximate surface area is 127 Å². The maximum absolute atomic E-state index is 4.49. The maximum atomic E-state index is 4.49. The van der Waals surface area contributed by atoms with E-state index < -0.39 is 0 Å². The van der Waals surface area contributed by atoms with E-state index in [0.717, 1.165) is 41.1 Å². The summed E-state index contributed by atoms with van der Waals surface area (Å²) < 4.78 is 6.37. The minimum Gasteiger partial charge on any atom is -0.360 e. The Balaban J connectivity index is 1.59. The van der Waals surface area contributed by atoms with Crippen molar-refractivity contribution in [2.45, 2.75) is 13.3 Å². The van der Waals surface area contributed by atoms with Crippen molar-refractivity contribution in [1.82, 2.24) is 24.1 Å². The lowest BCUT2D eigenvalue weighted by Gasteiger charge is -2.02. The average molecular weight is 300 g/mol. The molecule has 0 amide bonds. The summed E-state index contributed by atoms with van der Waals surface area (Å²) in [6, 6.07) is 9.97. The summed E-state index contributed by atoms with van der Waals surface area (Å²) in [5.41, 5.74) is 1.03. The lowest BCUT2D eigenvalue weighted by Crippen LogP contribution is -2.09. The smallest absolute Gasteiger partial charge is 0.202 e. The monoisotopic (exact) mass is 300 g/mol. The van der Waals surface area contributed by atoms with Crippen LogP contribution in [0.1, 0.15) is 11.6 Å². The molecule has 1 aromatic carbocycles. The van der Waals surface area contributed by atoms with Crippen LogP contribution in [0.25, 0.3) is 11.4 Å². The van der Waals surface area contributed by atoms with E-state index in [9.17, 15) is 0 Å². The fourth-order valence-corrected chi connectivity index (χ4v) is 2.56. The van der Waals surface area contributed by atoms with Crippen molar-refractivity contribution in [3.8, 4) is 11.4 Å². The number of nitrogens with one attached hydrogen (secondary N) is 1. The first kappa shape index (κ1) is 13.7. The van der Waals surface area contributed by atoms with Gasteiger partial charge in [-0.1, -0.05) is 30.3 Å². The van der Waals surface area contributed by atoms with Gasteiger partial charge in [0.15, 0.2) is 5.82 Å².